The second kappa shape index (κ2) is 9.49. The van der Waals surface area contributed by atoms with E-state index < -0.39 is 10.0 Å². The number of nitrogens with zero attached hydrogens (tertiary/aromatic N) is 2. The molecule has 7 heteroatoms. The topological polar surface area (TPSA) is 69.7 Å². The summed E-state index contributed by atoms with van der Waals surface area (Å²) in [5.41, 5.74) is 2.11. The fourth-order valence-electron chi connectivity index (χ4n) is 3.61. The number of hydrogen-bond acceptors (Lipinski definition) is 4. The van der Waals surface area contributed by atoms with Gasteiger partial charge in [-0.05, 0) is 34.5 Å². The summed E-state index contributed by atoms with van der Waals surface area (Å²) in [7, 11) is 0.0865. The first-order chi connectivity index (χ1) is 14.8. The van der Waals surface area contributed by atoms with Crippen molar-refractivity contribution in [3.8, 4) is 0 Å². The fraction of sp³-hybridized carbons (Fsp3) is 0.292. The van der Waals surface area contributed by atoms with Crippen molar-refractivity contribution in [3.05, 3.63) is 66.2 Å². The van der Waals surface area contributed by atoms with E-state index in [1.165, 1.54) is 4.31 Å². The Labute approximate surface area is 184 Å². The summed E-state index contributed by atoms with van der Waals surface area (Å²) in [5, 5.41) is 5.11. The summed E-state index contributed by atoms with van der Waals surface area (Å²) in [5.74, 6) is -0.198. The van der Waals surface area contributed by atoms with E-state index in [0.717, 1.165) is 22.0 Å². The molecule has 0 atom stereocenters. The first-order valence-electron chi connectivity index (χ1n) is 10.3. The van der Waals surface area contributed by atoms with Crippen molar-refractivity contribution >= 4 is 38.1 Å². The van der Waals surface area contributed by atoms with Crippen LogP contribution < -0.4 is 10.2 Å². The maximum absolute atomic E-state index is 12.9. The Morgan fingerprint density at radius 3 is 2.23 bits per heavy atom. The minimum absolute atomic E-state index is 0.169. The summed E-state index contributed by atoms with van der Waals surface area (Å²) in [6.07, 6.45) is 0.199. The summed E-state index contributed by atoms with van der Waals surface area (Å²) in [4.78, 5) is 14.8. The fourth-order valence-corrected chi connectivity index (χ4v) is 5.09. The van der Waals surface area contributed by atoms with Crippen LogP contribution in [0.2, 0.25) is 0 Å². The molecule has 3 aromatic rings. The highest BCUT2D eigenvalue weighted by molar-refractivity contribution is 7.89. The van der Waals surface area contributed by atoms with Gasteiger partial charge in [0.15, 0.2) is 0 Å². The number of benzene rings is 3. The summed E-state index contributed by atoms with van der Waals surface area (Å²) in [6, 6.07) is 18.8. The maximum Gasteiger partial charge on any atom is 0.243 e. The second-order valence-electron chi connectivity index (χ2n) is 7.57. The van der Waals surface area contributed by atoms with Gasteiger partial charge in [0.1, 0.15) is 0 Å². The van der Waals surface area contributed by atoms with Crippen LogP contribution in [0.25, 0.3) is 10.8 Å². The van der Waals surface area contributed by atoms with Gasteiger partial charge in [0.2, 0.25) is 15.9 Å². The predicted molar refractivity (Wildman–Crippen MR) is 127 cm³/mol. The van der Waals surface area contributed by atoms with Crippen LogP contribution in [0.1, 0.15) is 19.4 Å². The Bertz CT molecular complexity index is 1190. The molecule has 31 heavy (non-hydrogen) atoms. The van der Waals surface area contributed by atoms with Gasteiger partial charge < -0.3 is 10.2 Å². The highest BCUT2D eigenvalue weighted by Gasteiger charge is 2.23. The number of carbonyl (C=O) groups excluding carboxylic acids is 1. The van der Waals surface area contributed by atoms with E-state index in [-0.39, 0.29) is 17.2 Å². The van der Waals surface area contributed by atoms with Crippen molar-refractivity contribution in [1.82, 2.24) is 4.31 Å². The summed E-state index contributed by atoms with van der Waals surface area (Å²) in [6.45, 7) is 4.39. The zero-order chi connectivity index (χ0) is 22.6. The third kappa shape index (κ3) is 5.06. The van der Waals surface area contributed by atoms with Gasteiger partial charge in [0, 0.05) is 27.2 Å². The van der Waals surface area contributed by atoms with Gasteiger partial charge in [0.25, 0.3) is 0 Å². The van der Waals surface area contributed by atoms with E-state index >= 15 is 0 Å². The Morgan fingerprint density at radius 1 is 0.903 bits per heavy atom. The number of anilines is 2. The van der Waals surface area contributed by atoms with Crippen molar-refractivity contribution in [2.24, 2.45) is 0 Å². The molecule has 0 spiro atoms. The zero-order valence-electron chi connectivity index (χ0n) is 18.4. The molecule has 0 aromatic heterocycles. The molecule has 3 aromatic carbocycles. The Kier molecular flexibility index (Phi) is 6.97. The van der Waals surface area contributed by atoms with Gasteiger partial charge in [-0.15, -0.1) is 0 Å². The molecule has 3 rings (SSSR count). The molecule has 0 unspecified atom stereocenters. The molecule has 1 N–H and O–H groups in total. The standard InChI is InChI=1S/C24H29N3O3S/c1-5-27(6-2)31(29,30)21-13-14-23(26(3)4)22(17-21)25-24(28)16-18-11-12-19-9-7-8-10-20(19)15-18/h7-15,17H,5-6,16H2,1-4H3,(H,25,28). The molecular weight excluding hydrogens is 410 g/mol. The van der Waals surface area contributed by atoms with Crippen molar-refractivity contribution in [3.63, 3.8) is 0 Å². The number of hydrogen-bond donors (Lipinski definition) is 1. The molecule has 0 bridgehead atoms. The van der Waals surface area contributed by atoms with E-state index in [4.69, 9.17) is 0 Å². The van der Waals surface area contributed by atoms with Crippen LogP contribution in [-0.2, 0) is 21.2 Å². The minimum atomic E-state index is -3.62. The molecule has 0 saturated heterocycles. The number of rotatable bonds is 8. The molecule has 0 aliphatic heterocycles. The molecule has 0 aliphatic carbocycles. The van der Waals surface area contributed by atoms with Gasteiger partial charge in [-0.2, -0.15) is 4.31 Å². The Hall–Kier alpha value is -2.90. The SMILES string of the molecule is CCN(CC)S(=O)(=O)c1ccc(N(C)C)c(NC(=O)Cc2ccc3ccccc3c2)c1. The number of nitrogens with one attached hydrogen (secondary N) is 1. The van der Waals surface area contributed by atoms with Gasteiger partial charge in [-0.1, -0.05) is 56.3 Å². The molecule has 0 fully saturated rings. The quantitative estimate of drug-likeness (QED) is 0.573. The Morgan fingerprint density at radius 2 is 1.58 bits per heavy atom. The van der Waals surface area contributed by atoms with Crippen LogP contribution in [0, 0.1) is 0 Å². The van der Waals surface area contributed by atoms with E-state index in [2.05, 4.69) is 5.32 Å². The smallest absolute Gasteiger partial charge is 0.243 e. The lowest BCUT2D eigenvalue weighted by Crippen LogP contribution is -2.30. The highest BCUT2D eigenvalue weighted by atomic mass is 32.2. The maximum atomic E-state index is 12.9. The van der Waals surface area contributed by atoms with E-state index in [1.54, 1.807) is 18.2 Å². The zero-order valence-corrected chi connectivity index (χ0v) is 19.2. The number of amides is 1. The molecule has 0 heterocycles. The van der Waals surface area contributed by atoms with Crippen molar-refractivity contribution < 1.29 is 13.2 Å². The lowest BCUT2D eigenvalue weighted by Gasteiger charge is -2.22. The predicted octanol–water partition coefficient (Wildman–Crippen LogP) is 4.12. The highest BCUT2D eigenvalue weighted by Crippen LogP contribution is 2.29. The summed E-state index contributed by atoms with van der Waals surface area (Å²) >= 11 is 0. The lowest BCUT2D eigenvalue weighted by molar-refractivity contribution is -0.115. The molecule has 0 radical (unpaired) electrons. The van der Waals surface area contributed by atoms with Crippen molar-refractivity contribution in [1.29, 1.82) is 0 Å². The minimum Gasteiger partial charge on any atom is -0.376 e. The van der Waals surface area contributed by atoms with Crippen LogP contribution in [0.4, 0.5) is 11.4 Å². The molecule has 6 nitrogen and oxygen atoms in total. The Balaban J connectivity index is 1.88. The molecule has 1 amide bonds. The van der Waals surface area contributed by atoms with Crippen LogP contribution in [0.15, 0.2) is 65.6 Å². The van der Waals surface area contributed by atoms with Gasteiger partial charge in [-0.25, -0.2) is 8.42 Å². The lowest BCUT2D eigenvalue weighted by atomic mass is 10.0. The number of fused-ring (bicyclic) bond motifs is 1. The van der Waals surface area contributed by atoms with Crippen LogP contribution in [-0.4, -0.2) is 45.8 Å². The first kappa shape index (κ1) is 22.8. The third-order valence-electron chi connectivity index (χ3n) is 5.25. The average Bonchev–Trinajstić information content (AvgIpc) is 2.74. The second-order valence-corrected chi connectivity index (χ2v) is 9.51. The number of carbonyl (C=O) groups is 1. The molecule has 0 aliphatic rings. The average molecular weight is 440 g/mol. The molecular formula is C24H29N3O3S. The normalized spacial score (nSPS) is 11.6. The van der Waals surface area contributed by atoms with Gasteiger partial charge >= 0.3 is 0 Å². The monoisotopic (exact) mass is 439 g/mol. The van der Waals surface area contributed by atoms with Gasteiger partial charge in [-0.3, -0.25) is 4.79 Å². The van der Waals surface area contributed by atoms with Crippen LogP contribution >= 0.6 is 0 Å². The van der Waals surface area contributed by atoms with E-state index in [1.807, 2.05) is 75.3 Å². The molecule has 164 valence electrons. The van der Waals surface area contributed by atoms with Crippen molar-refractivity contribution in [2.75, 3.05) is 37.4 Å². The van der Waals surface area contributed by atoms with E-state index in [0.29, 0.717) is 18.8 Å². The van der Waals surface area contributed by atoms with Crippen LogP contribution in [0.3, 0.4) is 0 Å². The van der Waals surface area contributed by atoms with Crippen molar-refractivity contribution in [2.45, 2.75) is 25.2 Å². The third-order valence-corrected chi connectivity index (χ3v) is 7.29. The van der Waals surface area contributed by atoms with E-state index in [9.17, 15) is 13.2 Å². The first-order valence-corrected chi connectivity index (χ1v) is 11.8. The molecule has 0 saturated carbocycles. The number of sulfonamides is 1. The van der Waals surface area contributed by atoms with Crippen LogP contribution in [0.5, 0.6) is 0 Å². The summed E-state index contributed by atoms with van der Waals surface area (Å²) < 4.78 is 27.3. The largest absolute Gasteiger partial charge is 0.376 e. The van der Waals surface area contributed by atoms with Gasteiger partial charge in [0.05, 0.1) is 22.7 Å².